The molecular weight excluding hydrogens is 307 g/mol. The van der Waals surface area contributed by atoms with E-state index in [9.17, 15) is 18.0 Å². The van der Waals surface area contributed by atoms with Crippen molar-refractivity contribution in [3.8, 4) is 11.5 Å². The largest absolute Gasteiger partial charge is 0.493 e. The molecule has 1 aromatic rings. The van der Waals surface area contributed by atoms with Gasteiger partial charge in [0.25, 0.3) is 0 Å². The Morgan fingerprint density at radius 1 is 1.29 bits per heavy atom. The van der Waals surface area contributed by atoms with Crippen molar-refractivity contribution in [2.45, 2.75) is 11.6 Å². The second-order valence-electron chi connectivity index (χ2n) is 4.41. The minimum absolute atomic E-state index is 0.0368. The number of methoxy groups -OCH3 is 2. The first kappa shape index (κ1) is 15.8. The number of amides is 1. The molecule has 1 atom stereocenters. The highest BCUT2D eigenvalue weighted by atomic mass is 32.2. The smallest absolute Gasteiger partial charge is 0.406 e. The summed E-state index contributed by atoms with van der Waals surface area (Å²) in [6.07, 6.45) is -4.42. The van der Waals surface area contributed by atoms with Crippen LogP contribution in [0, 0.1) is 0 Å². The van der Waals surface area contributed by atoms with Gasteiger partial charge in [-0.3, -0.25) is 4.79 Å². The lowest BCUT2D eigenvalue weighted by Crippen LogP contribution is -2.37. The molecule has 21 heavy (non-hydrogen) atoms. The van der Waals surface area contributed by atoms with Gasteiger partial charge in [-0.05, 0) is 17.7 Å². The van der Waals surface area contributed by atoms with E-state index in [1.54, 1.807) is 18.2 Å². The number of hydrogen-bond acceptors (Lipinski definition) is 4. The maximum absolute atomic E-state index is 12.6. The third-order valence-corrected chi connectivity index (χ3v) is 4.27. The highest BCUT2D eigenvalue weighted by Crippen LogP contribution is 2.42. The van der Waals surface area contributed by atoms with Crippen molar-refractivity contribution in [2.75, 3.05) is 26.5 Å². The van der Waals surface area contributed by atoms with Crippen LogP contribution in [0.15, 0.2) is 18.2 Å². The number of rotatable bonds is 4. The summed E-state index contributed by atoms with van der Waals surface area (Å²) in [5.41, 5.74) is 0.577. The Morgan fingerprint density at radius 2 is 1.95 bits per heavy atom. The van der Waals surface area contributed by atoms with Crippen LogP contribution in [0.25, 0.3) is 0 Å². The van der Waals surface area contributed by atoms with E-state index in [4.69, 9.17) is 9.47 Å². The van der Waals surface area contributed by atoms with Gasteiger partial charge in [-0.1, -0.05) is 6.07 Å². The highest BCUT2D eigenvalue weighted by molar-refractivity contribution is 8.00. The number of ether oxygens (including phenoxy) is 2. The molecule has 8 heteroatoms. The maximum atomic E-state index is 12.6. The molecule has 0 radical (unpaired) electrons. The first-order valence-corrected chi connectivity index (χ1v) is 7.10. The molecule has 1 saturated heterocycles. The van der Waals surface area contributed by atoms with E-state index in [-0.39, 0.29) is 5.75 Å². The van der Waals surface area contributed by atoms with Crippen molar-refractivity contribution in [2.24, 2.45) is 0 Å². The van der Waals surface area contributed by atoms with Gasteiger partial charge in [0.2, 0.25) is 5.91 Å². The molecule has 0 spiro atoms. The van der Waals surface area contributed by atoms with Gasteiger partial charge >= 0.3 is 6.18 Å². The van der Waals surface area contributed by atoms with E-state index >= 15 is 0 Å². The van der Waals surface area contributed by atoms with E-state index < -0.39 is 24.0 Å². The lowest BCUT2D eigenvalue weighted by atomic mass is 10.2. The summed E-state index contributed by atoms with van der Waals surface area (Å²) in [7, 11) is 2.92. The Kier molecular flexibility index (Phi) is 4.55. The third-order valence-electron chi connectivity index (χ3n) is 3.01. The molecule has 1 unspecified atom stereocenters. The quantitative estimate of drug-likeness (QED) is 0.855. The second kappa shape index (κ2) is 6.05. The molecule has 1 aliphatic heterocycles. The topological polar surface area (TPSA) is 38.8 Å². The van der Waals surface area contributed by atoms with Crippen LogP contribution < -0.4 is 9.47 Å². The zero-order valence-electron chi connectivity index (χ0n) is 11.4. The number of hydrogen-bond donors (Lipinski definition) is 0. The first-order valence-electron chi connectivity index (χ1n) is 6.05. The molecule has 1 aromatic carbocycles. The molecule has 116 valence electrons. The Labute approximate surface area is 124 Å². The van der Waals surface area contributed by atoms with Gasteiger partial charge in [-0.15, -0.1) is 11.8 Å². The van der Waals surface area contributed by atoms with Crippen LogP contribution in [0.3, 0.4) is 0 Å². The molecule has 4 nitrogen and oxygen atoms in total. The van der Waals surface area contributed by atoms with Gasteiger partial charge in [-0.25, -0.2) is 0 Å². The summed E-state index contributed by atoms with van der Waals surface area (Å²) >= 11 is 1.17. The van der Waals surface area contributed by atoms with E-state index in [0.717, 1.165) is 4.90 Å². The number of thioether (sulfide) groups is 1. The number of halogens is 3. The number of benzene rings is 1. The van der Waals surface area contributed by atoms with Crippen molar-refractivity contribution in [3.05, 3.63) is 23.8 Å². The molecule has 2 rings (SSSR count). The monoisotopic (exact) mass is 321 g/mol. The van der Waals surface area contributed by atoms with Gasteiger partial charge in [-0.2, -0.15) is 13.2 Å². The summed E-state index contributed by atoms with van der Waals surface area (Å²) < 4.78 is 48.0. The Morgan fingerprint density at radius 3 is 2.52 bits per heavy atom. The average Bonchev–Trinajstić information content (AvgIpc) is 2.77. The minimum Gasteiger partial charge on any atom is -0.493 e. The van der Waals surface area contributed by atoms with Crippen LogP contribution >= 0.6 is 11.8 Å². The molecule has 0 bridgehead atoms. The Hall–Kier alpha value is -1.57. The van der Waals surface area contributed by atoms with E-state index in [2.05, 4.69) is 0 Å². The fourth-order valence-corrected chi connectivity index (χ4v) is 3.28. The number of carbonyl (C=O) groups is 1. The standard InChI is InChI=1S/C13H14F3NO3S/c1-19-9-4-3-8(5-10(9)20-2)12-17(7-13(14,15)16)11(18)6-21-12/h3-5,12H,6-7H2,1-2H3. The van der Waals surface area contributed by atoms with Gasteiger partial charge in [0, 0.05) is 0 Å². The Bertz CT molecular complexity index is 536. The lowest BCUT2D eigenvalue weighted by molar-refractivity contribution is -0.159. The van der Waals surface area contributed by atoms with Crippen LogP contribution in [-0.2, 0) is 4.79 Å². The highest BCUT2D eigenvalue weighted by Gasteiger charge is 2.41. The summed E-state index contributed by atoms with van der Waals surface area (Å²) in [6.45, 7) is -1.25. The van der Waals surface area contributed by atoms with Crippen molar-refractivity contribution in [3.63, 3.8) is 0 Å². The predicted molar refractivity (Wildman–Crippen MR) is 72.5 cm³/mol. The lowest BCUT2D eigenvalue weighted by Gasteiger charge is -2.25. The summed E-state index contributed by atoms with van der Waals surface area (Å²) in [6, 6.07) is 4.85. The molecular formula is C13H14F3NO3S. The third kappa shape index (κ3) is 3.55. The maximum Gasteiger partial charge on any atom is 0.406 e. The van der Waals surface area contributed by atoms with Crippen molar-refractivity contribution in [1.82, 2.24) is 4.90 Å². The molecule has 0 aliphatic carbocycles. The molecule has 0 saturated carbocycles. The summed E-state index contributed by atoms with van der Waals surface area (Å²) in [4.78, 5) is 12.5. The van der Waals surface area contributed by atoms with Crippen molar-refractivity contribution >= 4 is 17.7 Å². The second-order valence-corrected chi connectivity index (χ2v) is 5.48. The van der Waals surface area contributed by atoms with E-state index in [0.29, 0.717) is 17.1 Å². The SMILES string of the molecule is COc1ccc(C2SCC(=O)N2CC(F)(F)F)cc1OC. The van der Waals surface area contributed by atoms with Gasteiger partial charge in [0.1, 0.15) is 11.9 Å². The molecule has 0 N–H and O–H groups in total. The van der Waals surface area contributed by atoms with E-state index in [1.807, 2.05) is 0 Å². The number of alkyl halides is 3. The van der Waals surface area contributed by atoms with Crippen LogP contribution in [-0.4, -0.2) is 43.5 Å². The van der Waals surface area contributed by atoms with Gasteiger partial charge < -0.3 is 14.4 Å². The fraction of sp³-hybridized carbons (Fsp3) is 0.462. The molecule has 0 aromatic heterocycles. The predicted octanol–water partition coefficient (Wildman–Crippen LogP) is 2.84. The van der Waals surface area contributed by atoms with Crippen LogP contribution in [0.4, 0.5) is 13.2 Å². The normalized spacial score (nSPS) is 19.0. The van der Waals surface area contributed by atoms with Crippen LogP contribution in [0.1, 0.15) is 10.9 Å². The zero-order chi connectivity index (χ0) is 15.6. The van der Waals surface area contributed by atoms with E-state index in [1.165, 1.54) is 26.0 Å². The fourth-order valence-electron chi connectivity index (χ4n) is 2.10. The number of nitrogens with zero attached hydrogens (tertiary/aromatic N) is 1. The molecule has 1 aliphatic rings. The van der Waals surface area contributed by atoms with Crippen LogP contribution in [0.5, 0.6) is 11.5 Å². The molecule has 1 heterocycles. The Balaban J connectivity index is 2.29. The summed E-state index contributed by atoms with van der Waals surface area (Å²) in [5, 5.41) is -0.668. The van der Waals surface area contributed by atoms with Gasteiger partial charge in [0.15, 0.2) is 11.5 Å². The summed E-state index contributed by atoms with van der Waals surface area (Å²) in [5.74, 6) is 0.423. The number of carbonyl (C=O) groups excluding carboxylic acids is 1. The zero-order valence-corrected chi connectivity index (χ0v) is 12.3. The minimum atomic E-state index is -4.42. The van der Waals surface area contributed by atoms with Gasteiger partial charge in [0.05, 0.1) is 20.0 Å². The van der Waals surface area contributed by atoms with Crippen molar-refractivity contribution in [1.29, 1.82) is 0 Å². The molecule has 1 fully saturated rings. The van der Waals surface area contributed by atoms with Crippen molar-refractivity contribution < 1.29 is 27.4 Å². The average molecular weight is 321 g/mol. The first-order chi connectivity index (χ1) is 9.85. The van der Waals surface area contributed by atoms with Crippen LogP contribution in [0.2, 0.25) is 0 Å². The molecule has 1 amide bonds.